The van der Waals surface area contributed by atoms with Crippen molar-refractivity contribution in [3.05, 3.63) is 3.92 Å². The number of nitrogens with zero attached hydrogens (tertiary/aromatic N) is 3. The van der Waals surface area contributed by atoms with Crippen molar-refractivity contribution >= 4 is 32.4 Å². The lowest BCUT2D eigenvalue weighted by atomic mass is 10.1. The zero-order valence-electron chi connectivity index (χ0n) is 6.66. The molecule has 0 spiro atoms. The molecule has 0 radical (unpaired) electrons. The van der Waals surface area contributed by atoms with Crippen molar-refractivity contribution in [1.82, 2.24) is 10.2 Å². The normalized spacial score (nSPS) is 18.2. The first-order chi connectivity index (χ1) is 5.86. The lowest BCUT2D eigenvalue weighted by molar-refractivity contribution is 0.575. The van der Waals surface area contributed by atoms with Crippen LogP contribution in [0.5, 0.6) is 0 Å². The van der Waals surface area contributed by atoms with Gasteiger partial charge in [0.1, 0.15) is 0 Å². The first kappa shape index (κ1) is 8.44. The molecule has 0 bridgehead atoms. The van der Waals surface area contributed by atoms with Gasteiger partial charge in [-0.3, -0.25) is 0 Å². The van der Waals surface area contributed by atoms with Crippen LogP contribution in [-0.4, -0.2) is 23.3 Å². The van der Waals surface area contributed by atoms with Gasteiger partial charge in [-0.1, -0.05) is 11.3 Å². The predicted molar refractivity (Wildman–Crippen MR) is 53.7 cm³/mol. The van der Waals surface area contributed by atoms with Gasteiger partial charge in [-0.15, -0.1) is 10.2 Å². The molecule has 0 atom stereocenters. The maximum Gasteiger partial charge on any atom is 0.209 e. The molecular formula is C7H10BrN3S. The van der Waals surface area contributed by atoms with Gasteiger partial charge in [0.15, 0.2) is 3.92 Å². The molecule has 66 valence electrons. The zero-order valence-corrected chi connectivity index (χ0v) is 9.07. The summed E-state index contributed by atoms with van der Waals surface area (Å²) in [6, 6.07) is 0. The van der Waals surface area contributed by atoms with Crippen LogP contribution in [0.4, 0.5) is 5.13 Å². The third-order valence-electron chi connectivity index (χ3n) is 2.02. The highest BCUT2D eigenvalue weighted by atomic mass is 79.9. The van der Waals surface area contributed by atoms with Crippen molar-refractivity contribution < 1.29 is 0 Å². The molecule has 0 aliphatic carbocycles. The Bertz CT molecular complexity index is 257. The minimum atomic E-state index is 0.878. The first-order valence-corrected chi connectivity index (χ1v) is 5.71. The SMILES string of the molecule is Brc1nnc(N2CCCCC2)s1. The zero-order chi connectivity index (χ0) is 8.39. The van der Waals surface area contributed by atoms with Crippen molar-refractivity contribution in [2.75, 3.05) is 18.0 Å². The van der Waals surface area contributed by atoms with Gasteiger partial charge in [0, 0.05) is 13.1 Å². The molecule has 0 saturated carbocycles. The van der Waals surface area contributed by atoms with Crippen LogP contribution >= 0.6 is 27.3 Å². The van der Waals surface area contributed by atoms with E-state index in [1.54, 1.807) is 11.3 Å². The second-order valence-electron chi connectivity index (χ2n) is 2.89. The average Bonchev–Trinajstić information content (AvgIpc) is 2.54. The summed E-state index contributed by atoms with van der Waals surface area (Å²) >= 11 is 4.93. The van der Waals surface area contributed by atoms with Crippen LogP contribution in [0, 0.1) is 0 Å². The molecule has 1 saturated heterocycles. The van der Waals surface area contributed by atoms with Gasteiger partial charge in [-0.25, -0.2) is 0 Å². The van der Waals surface area contributed by atoms with Crippen LogP contribution in [0.15, 0.2) is 3.92 Å². The highest BCUT2D eigenvalue weighted by molar-refractivity contribution is 9.11. The Morgan fingerprint density at radius 2 is 1.92 bits per heavy atom. The Kier molecular flexibility index (Phi) is 2.60. The summed E-state index contributed by atoms with van der Waals surface area (Å²) in [5.74, 6) is 0. The third kappa shape index (κ3) is 1.77. The van der Waals surface area contributed by atoms with Crippen LogP contribution in [0.25, 0.3) is 0 Å². The van der Waals surface area contributed by atoms with Crippen LogP contribution in [-0.2, 0) is 0 Å². The molecule has 2 heterocycles. The van der Waals surface area contributed by atoms with Gasteiger partial charge in [0.2, 0.25) is 5.13 Å². The summed E-state index contributed by atoms with van der Waals surface area (Å²) in [6.45, 7) is 2.28. The number of anilines is 1. The van der Waals surface area contributed by atoms with Gasteiger partial charge in [0.05, 0.1) is 0 Å². The number of hydrogen-bond donors (Lipinski definition) is 0. The Balaban J connectivity index is 2.08. The van der Waals surface area contributed by atoms with Crippen LogP contribution in [0.2, 0.25) is 0 Å². The lowest BCUT2D eigenvalue weighted by Crippen LogP contribution is -2.29. The molecule has 0 unspecified atom stereocenters. The summed E-state index contributed by atoms with van der Waals surface area (Å²) in [4.78, 5) is 2.31. The molecule has 1 aliphatic heterocycles. The van der Waals surface area contributed by atoms with Gasteiger partial charge in [0.25, 0.3) is 0 Å². The van der Waals surface area contributed by atoms with Crippen molar-refractivity contribution in [1.29, 1.82) is 0 Å². The molecule has 1 aromatic rings. The summed E-state index contributed by atoms with van der Waals surface area (Å²) in [5, 5.41) is 9.08. The van der Waals surface area contributed by atoms with Crippen molar-refractivity contribution in [2.45, 2.75) is 19.3 Å². The van der Waals surface area contributed by atoms with E-state index in [1.165, 1.54) is 19.3 Å². The monoisotopic (exact) mass is 247 g/mol. The van der Waals surface area contributed by atoms with E-state index < -0.39 is 0 Å². The van der Waals surface area contributed by atoms with E-state index in [1.807, 2.05) is 0 Å². The summed E-state index contributed by atoms with van der Waals surface area (Å²) in [7, 11) is 0. The highest BCUT2D eigenvalue weighted by Crippen LogP contribution is 2.26. The average molecular weight is 248 g/mol. The van der Waals surface area contributed by atoms with E-state index in [0.717, 1.165) is 22.1 Å². The molecule has 0 amide bonds. The Hall–Kier alpha value is -0.160. The number of rotatable bonds is 1. The van der Waals surface area contributed by atoms with Gasteiger partial charge in [-0.05, 0) is 35.2 Å². The molecule has 12 heavy (non-hydrogen) atoms. The molecular weight excluding hydrogens is 238 g/mol. The molecule has 0 aromatic carbocycles. The maximum absolute atomic E-state index is 4.09. The number of piperidine rings is 1. The van der Waals surface area contributed by atoms with Crippen LogP contribution in [0.1, 0.15) is 19.3 Å². The Morgan fingerprint density at radius 1 is 1.17 bits per heavy atom. The van der Waals surface area contributed by atoms with E-state index >= 15 is 0 Å². The first-order valence-electron chi connectivity index (χ1n) is 4.10. The van der Waals surface area contributed by atoms with Gasteiger partial charge in [-0.2, -0.15) is 0 Å². The third-order valence-corrected chi connectivity index (χ3v) is 3.43. The van der Waals surface area contributed by atoms with E-state index in [9.17, 15) is 0 Å². The molecule has 1 aromatic heterocycles. The van der Waals surface area contributed by atoms with Gasteiger partial charge < -0.3 is 4.90 Å². The summed E-state index contributed by atoms with van der Waals surface area (Å²) < 4.78 is 0.878. The Morgan fingerprint density at radius 3 is 2.50 bits per heavy atom. The molecule has 5 heteroatoms. The topological polar surface area (TPSA) is 29.0 Å². The van der Waals surface area contributed by atoms with Crippen LogP contribution in [0.3, 0.4) is 0 Å². The number of aromatic nitrogens is 2. The summed E-state index contributed by atoms with van der Waals surface area (Å²) in [5.41, 5.74) is 0. The Labute approximate surface area is 83.9 Å². The van der Waals surface area contributed by atoms with E-state index in [0.29, 0.717) is 0 Å². The number of halogens is 1. The molecule has 1 fully saturated rings. The quantitative estimate of drug-likeness (QED) is 0.763. The second kappa shape index (κ2) is 3.70. The number of hydrogen-bond acceptors (Lipinski definition) is 4. The fraction of sp³-hybridized carbons (Fsp3) is 0.714. The molecule has 0 N–H and O–H groups in total. The van der Waals surface area contributed by atoms with Gasteiger partial charge >= 0.3 is 0 Å². The second-order valence-corrected chi connectivity index (χ2v) is 5.12. The van der Waals surface area contributed by atoms with Crippen molar-refractivity contribution in [3.8, 4) is 0 Å². The van der Waals surface area contributed by atoms with Crippen LogP contribution < -0.4 is 4.90 Å². The standard InChI is InChI=1S/C7H10BrN3S/c8-6-9-10-7(12-6)11-4-2-1-3-5-11/h1-5H2. The largest absolute Gasteiger partial charge is 0.347 e. The predicted octanol–water partition coefficient (Wildman–Crippen LogP) is 2.29. The molecule has 2 rings (SSSR count). The minimum absolute atomic E-state index is 0.878. The summed E-state index contributed by atoms with van der Waals surface area (Å²) in [6.07, 6.45) is 3.94. The lowest BCUT2D eigenvalue weighted by Gasteiger charge is -2.25. The molecule has 3 nitrogen and oxygen atoms in total. The smallest absolute Gasteiger partial charge is 0.209 e. The maximum atomic E-state index is 4.09. The van der Waals surface area contributed by atoms with E-state index in [2.05, 4.69) is 31.0 Å². The molecule has 1 aliphatic rings. The van der Waals surface area contributed by atoms with E-state index in [-0.39, 0.29) is 0 Å². The van der Waals surface area contributed by atoms with E-state index in [4.69, 9.17) is 0 Å². The van der Waals surface area contributed by atoms with Crippen molar-refractivity contribution in [2.24, 2.45) is 0 Å². The fourth-order valence-electron chi connectivity index (χ4n) is 1.41. The highest BCUT2D eigenvalue weighted by Gasteiger charge is 2.14. The fourth-order valence-corrected chi connectivity index (χ4v) is 2.55. The van der Waals surface area contributed by atoms with Crippen molar-refractivity contribution in [3.63, 3.8) is 0 Å². The minimum Gasteiger partial charge on any atom is -0.347 e.